The van der Waals surface area contributed by atoms with Gasteiger partial charge in [0, 0.05) is 89.1 Å². The molecule has 13 nitrogen and oxygen atoms in total. The molecule has 4 aromatic rings. The maximum atomic E-state index is 13.5. The normalized spacial score (nSPS) is 15.4. The maximum Gasteiger partial charge on any atom is 0.323 e. The standard InChI is InChI=1S/C22H30F2N4O2Si.C16H16F2N4O2.C4H8O.ClH/c1-22(2,3)31(4,5)30-17-7-9-20(25-15-17)26-21(29)28-12-10-27(11-13-28)16-6-8-18(23)19(24)14-16;17-13-3-1-11(9-14(13)18)21-5-7-22(8-6-21)16(24)20-15-4-2-12(23)10-19-15;1-2-4-5-3-1;/h6-9,14-15H,10-13H2,1-5H3,(H,25,26,29);1-4,9-10,23H,5-8H2,(H,19,20,24);1-4H2;1H. The first-order valence-electron chi connectivity index (χ1n) is 19.9. The number of benzene rings is 2. The van der Waals surface area contributed by atoms with Gasteiger partial charge in [-0.25, -0.2) is 37.1 Å². The fourth-order valence-electron chi connectivity index (χ4n) is 6.01. The molecule has 61 heavy (non-hydrogen) atoms. The van der Waals surface area contributed by atoms with Crippen molar-refractivity contribution in [3.05, 3.63) is 96.3 Å². The Morgan fingerprint density at radius 1 is 0.672 bits per heavy atom. The predicted octanol–water partition coefficient (Wildman–Crippen LogP) is 8.74. The molecule has 3 aliphatic rings. The number of carbonyl (C=O) groups is 2. The number of carbonyl (C=O) groups excluding carboxylic acids is 2. The van der Waals surface area contributed by atoms with Gasteiger partial charge in [0.15, 0.2) is 23.3 Å². The number of amides is 4. The van der Waals surface area contributed by atoms with Crippen molar-refractivity contribution in [1.29, 1.82) is 0 Å². The number of aromatic hydroxyl groups is 1. The summed E-state index contributed by atoms with van der Waals surface area (Å²) < 4.78 is 64.1. The zero-order valence-electron chi connectivity index (χ0n) is 35.1. The fraction of sp³-hybridized carbons (Fsp3) is 0.429. The Morgan fingerprint density at radius 2 is 1.11 bits per heavy atom. The van der Waals surface area contributed by atoms with Crippen LogP contribution >= 0.6 is 12.4 Å². The van der Waals surface area contributed by atoms with Crippen LogP contribution in [0.5, 0.6) is 11.5 Å². The molecule has 5 heterocycles. The zero-order chi connectivity index (χ0) is 43.5. The van der Waals surface area contributed by atoms with E-state index in [1.54, 1.807) is 28.1 Å². The average Bonchev–Trinajstić information content (AvgIpc) is 3.82. The van der Waals surface area contributed by atoms with E-state index in [4.69, 9.17) is 9.16 Å². The van der Waals surface area contributed by atoms with E-state index in [1.165, 1.54) is 43.3 Å². The molecule has 0 unspecified atom stereocenters. The second-order valence-corrected chi connectivity index (χ2v) is 20.7. The Kier molecular flexibility index (Phi) is 17.4. The lowest BCUT2D eigenvalue weighted by Gasteiger charge is -2.36. The summed E-state index contributed by atoms with van der Waals surface area (Å²) in [7, 11) is -1.95. The minimum atomic E-state index is -1.95. The largest absolute Gasteiger partial charge is 0.542 e. The summed E-state index contributed by atoms with van der Waals surface area (Å²) >= 11 is 0. The van der Waals surface area contributed by atoms with E-state index in [9.17, 15) is 32.3 Å². The Balaban J connectivity index is 0.000000242. The zero-order valence-corrected chi connectivity index (χ0v) is 36.9. The van der Waals surface area contributed by atoms with Crippen LogP contribution in [0.4, 0.5) is 50.2 Å². The number of pyridine rings is 2. The number of nitrogens with zero attached hydrogens (tertiary/aromatic N) is 6. The fourth-order valence-corrected chi connectivity index (χ4v) is 7.03. The van der Waals surface area contributed by atoms with Crippen molar-refractivity contribution in [2.75, 3.05) is 86.0 Å². The molecule has 3 N–H and O–H groups in total. The van der Waals surface area contributed by atoms with Gasteiger partial charge in [-0.15, -0.1) is 12.4 Å². The van der Waals surface area contributed by atoms with Crippen LogP contribution in [-0.4, -0.2) is 111 Å². The summed E-state index contributed by atoms with van der Waals surface area (Å²) in [4.78, 5) is 40.1. The predicted molar refractivity (Wildman–Crippen MR) is 234 cm³/mol. The number of nitrogens with one attached hydrogen (secondary N) is 2. The minimum Gasteiger partial charge on any atom is -0.542 e. The van der Waals surface area contributed by atoms with Crippen LogP contribution in [0.3, 0.4) is 0 Å². The topological polar surface area (TPSA) is 136 Å². The molecule has 0 spiro atoms. The SMILES string of the molecule is C1CCOC1.CC(C)(C)[Si](C)(C)Oc1ccc(NC(=O)N2CCN(c3ccc(F)c(F)c3)CC2)nc1.Cl.O=C(Nc1ccc(O)cn1)N1CCN(c2ccc(F)c(F)c2)CC1. The van der Waals surface area contributed by atoms with Crippen LogP contribution in [-0.2, 0) is 4.74 Å². The van der Waals surface area contributed by atoms with Crippen molar-refractivity contribution in [3.8, 4) is 11.5 Å². The van der Waals surface area contributed by atoms with Crippen LogP contribution < -0.4 is 24.9 Å². The summed E-state index contributed by atoms with van der Waals surface area (Å²) in [6, 6.07) is 13.6. The monoisotopic (exact) mass is 890 g/mol. The van der Waals surface area contributed by atoms with Gasteiger partial charge in [-0.2, -0.15) is 0 Å². The molecule has 0 bridgehead atoms. The summed E-state index contributed by atoms with van der Waals surface area (Å²) in [5.41, 5.74) is 1.20. The Labute approximate surface area is 361 Å². The molecule has 19 heteroatoms. The molecule has 0 atom stereocenters. The number of hydrogen-bond donors (Lipinski definition) is 3. The van der Waals surface area contributed by atoms with Gasteiger partial charge in [-0.1, -0.05) is 20.8 Å². The lowest BCUT2D eigenvalue weighted by Crippen LogP contribution is -2.50. The van der Waals surface area contributed by atoms with E-state index in [-0.39, 0.29) is 35.3 Å². The third-order valence-electron chi connectivity index (χ3n) is 10.6. The molecule has 0 radical (unpaired) electrons. The molecule has 0 saturated carbocycles. The van der Waals surface area contributed by atoms with Crippen LogP contribution in [0, 0.1) is 23.3 Å². The Bertz CT molecular complexity index is 2020. The quantitative estimate of drug-likeness (QED) is 0.128. The van der Waals surface area contributed by atoms with Crippen molar-refractivity contribution < 1.29 is 41.4 Å². The smallest absolute Gasteiger partial charge is 0.323 e. The van der Waals surface area contributed by atoms with Crippen molar-refractivity contribution >= 4 is 55.8 Å². The van der Waals surface area contributed by atoms with Gasteiger partial charge in [0.2, 0.25) is 0 Å². The summed E-state index contributed by atoms with van der Waals surface area (Å²) in [6.45, 7) is 16.8. The molecule has 2 aromatic heterocycles. The number of ether oxygens (including phenoxy) is 1. The number of anilines is 4. The summed E-state index contributed by atoms with van der Waals surface area (Å²) in [5, 5.41) is 14.7. The summed E-state index contributed by atoms with van der Waals surface area (Å²) in [6.07, 6.45) is 5.44. The van der Waals surface area contributed by atoms with E-state index < -0.39 is 31.6 Å². The number of hydrogen-bond acceptors (Lipinski definition) is 9. The van der Waals surface area contributed by atoms with Gasteiger partial charge in [0.05, 0.1) is 12.4 Å². The van der Waals surface area contributed by atoms with Crippen LogP contribution in [0.15, 0.2) is 73.1 Å². The third kappa shape index (κ3) is 14.1. The lowest BCUT2D eigenvalue weighted by atomic mass is 10.2. The van der Waals surface area contributed by atoms with Crippen LogP contribution in [0.1, 0.15) is 33.6 Å². The molecule has 3 fully saturated rings. The van der Waals surface area contributed by atoms with Gasteiger partial charge < -0.3 is 33.9 Å². The van der Waals surface area contributed by atoms with Gasteiger partial charge in [0.1, 0.15) is 23.1 Å². The first-order chi connectivity index (χ1) is 28.5. The molecular weight excluding hydrogens is 836 g/mol. The highest BCUT2D eigenvalue weighted by Crippen LogP contribution is 2.37. The Morgan fingerprint density at radius 3 is 1.46 bits per heavy atom. The van der Waals surface area contributed by atoms with E-state index >= 15 is 0 Å². The second-order valence-electron chi connectivity index (χ2n) is 16.0. The highest BCUT2D eigenvalue weighted by atomic mass is 35.5. The van der Waals surface area contributed by atoms with Gasteiger partial charge >= 0.3 is 12.1 Å². The number of rotatable bonds is 6. The number of aromatic nitrogens is 2. The number of piperazine rings is 2. The Hall–Kier alpha value is -5.33. The van der Waals surface area contributed by atoms with Crippen LogP contribution in [0.25, 0.3) is 0 Å². The molecule has 7 rings (SSSR count). The van der Waals surface area contributed by atoms with E-state index in [1.807, 2.05) is 15.9 Å². The van der Waals surface area contributed by atoms with Crippen LogP contribution in [0.2, 0.25) is 18.1 Å². The highest BCUT2D eigenvalue weighted by Gasteiger charge is 2.39. The minimum absolute atomic E-state index is 0. The molecule has 332 valence electrons. The molecule has 3 saturated heterocycles. The van der Waals surface area contributed by atoms with Crippen molar-refractivity contribution in [2.24, 2.45) is 0 Å². The van der Waals surface area contributed by atoms with Crippen molar-refractivity contribution in [1.82, 2.24) is 19.8 Å². The van der Waals surface area contributed by atoms with Gasteiger partial charge in [-0.3, -0.25) is 10.6 Å². The third-order valence-corrected chi connectivity index (χ3v) is 15.0. The second kappa shape index (κ2) is 22.0. The molecule has 4 amide bonds. The number of halogens is 5. The van der Waals surface area contributed by atoms with Crippen molar-refractivity contribution in [2.45, 2.75) is 51.7 Å². The first-order valence-corrected chi connectivity index (χ1v) is 22.8. The highest BCUT2D eigenvalue weighted by molar-refractivity contribution is 6.74. The summed E-state index contributed by atoms with van der Waals surface area (Å²) in [5.74, 6) is -1.97. The average molecular weight is 891 g/mol. The molecule has 3 aliphatic heterocycles. The lowest BCUT2D eigenvalue weighted by molar-refractivity contribution is 0.198. The number of urea groups is 2. The first kappa shape index (κ1) is 48.3. The van der Waals surface area contributed by atoms with E-state index in [0.717, 1.165) is 31.4 Å². The van der Waals surface area contributed by atoms with Crippen molar-refractivity contribution in [3.63, 3.8) is 0 Å². The van der Waals surface area contributed by atoms with Gasteiger partial charge in [0.25, 0.3) is 8.32 Å². The molecule has 2 aromatic carbocycles. The van der Waals surface area contributed by atoms with E-state index in [2.05, 4.69) is 54.5 Å². The van der Waals surface area contributed by atoms with E-state index in [0.29, 0.717) is 81.1 Å². The van der Waals surface area contributed by atoms with Gasteiger partial charge in [-0.05, 0) is 79.5 Å². The maximum absolute atomic E-state index is 13.5. The molecule has 0 aliphatic carbocycles. The molecular formula is C42H55ClF4N8O5Si.